The number of ketones is 1. The fraction of sp³-hybridized carbons (Fsp3) is 0.524. The maximum Gasteiger partial charge on any atom is 0.166 e. The number of rotatable bonds is 4. The van der Waals surface area contributed by atoms with Crippen molar-refractivity contribution in [3.63, 3.8) is 0 Å². The van der Waals surface area contributed by atoms with Crippen molar-refractivity contribution in [2.24, 2.45) is 0 Å². The molecule has 2 aliphatic carbocycles. The Hall–Kier alpha value is -2.10. The van der Waals surface area contributed by atoms with Gasteiger partial charge in [-0.05, 0) is 43.4 Å². The van der Waals surface area contributed by atoms with Crippen molar-refractivity contribution in [1.82, 2.24) is 9.78 Å². The number of fused-ring (bicyclic) bond motifs is 1. The molecular weight excluding hydrogens is 312 g/mol. The first kappa shape index (κ1) is 16.4. The van der Waals surface area contributed by atoms with Gasteiger partial charge in [0.15, 0.2) is 5.78 Å². The monoisotopic (exact) mass is 338 g/mol. The molecule has 4 rings (SSSR count). The average molecular weight is 338 g/mol. The van der Waals surface area contributed by atoms with Gasteiger partial charge < -0.3 is 4.74 Å². The van der Waals surface area contributed by atoms with Crippen molar-refractivity contribution in [3.05, 3.63) is 46.8 Å². The molecule has 0 atom stereocenters. The van der Waals surface area contributed by atoms with Crippen molar-refractivity contribution in [3.8, 4) is 5.75 Å². The minimum atomic E-state index is 0.284. The van der Waals surface area contributed by atoms with E-state index in [-0.39, 0.29) is 5.78 Å². The number of ether oxygens (including phenoxy) is 1. The van der Waals surface area contributed by atoms with Crippen LogP contribution in [0.15, 0.2) is 24.3 Å². The molecule has 4 nitrogen and oxygen atoms in total. The summed E-state index contributed by atoms with van der Waals surface area (Å²) in [6.07, 6.45) is 9.63. The van der Waals surface area contributed by atoms with Crippen LogP contribution in [-0.4, -0.2) is 22.7 Å². The van der Waals surface area contributed by atoms with Gasteiger partial charge in [-0.1, -0.05) is 31.4 Å². The van der Waals surface area contributed by atoms with Crippen molar-refractivity contribution >= 4 is 5.78 Å². The fourth-order valence-corrected chi connectivity index (χ4v) is 4.31. The zero-order valence-electron chi connectivity index (χ0n) is 15.0. The van der Waals surface area contributed by atoms with Crippen LogP contribution in [0.1, 0.15) is 78.3 Å². The molecule has 1 aromatic heterocycles. The minimum Gasteiger partial charge on any atom is -0.497 e. The molecule has 1 heterocycles. The van der Waals surface area contributed by atoms with E-state index in [1.165, 1.54) is 43.4 Å². The van der Waals surface area contributed by atoms with E-state index in [1.807, 2.05) is 12.1 Å². The topological polar surface area (TPSA) is 44.1 Å². The average Bonchev–Trinajstić information content (AvgIpc) is 3.03. The van der Waals surface area contributed by atoms with Gasteiger partial charge in [-0.15, -0.1) is 0 Å². The summed E-state index contributed by atoms with van der Waals surface area (Å²) in [5.41, 5.74) is 4.27. The van der Waals surface area contributed by atoms with E-state index >= 15 is 0 Å². The molecule has 1 aromatic carbocycles. The Kier molecular flexibility index (Phi) is 4.60. The van der Waals surface area contributed by atoms with Gasteiger partial charge >= 0.3 is 0 Å². The van der Waals surface area contributed by atoms with Gasteiger partial charge in [-0.25, -0.2) is 0 Å². The van der Waals surface area contributed by atoms with Crippen molar-refractivity contribution < 1.29 is 9.53 Å². The Balaban J connectivity index is 1.68. The van der Waals surface area contributed by atoms with Crippen LogP contribution in [0.25, 0.3) is 0 Å². The van der Waals surface area contributed by atoms with E-state index in [0.717, 1.165) is 36.3 Å². The van der Waals surface area contributed by atoms with Gasteiger partial charge in [0.1, 0.15) is 5.75 Å². The van der Waals surface area contributed by atoms with E-state index in [0.29, 0.717) is 12.5 Å². The van der Waals surface area contributed by atoms with Gasteiger partial charge in [0, 0.05) is 18.5 Å². The molecule has 0 radical (unpaired) electrons. The molecule has 25 heavy (non-hydrogen) atoms. The van der Waals surface area contributed by atoms with E-state index in [4.69, 9.17) is 9.84 Å². The smallest absolute Gasteiger partial charge is 0.166 e. The van der Waals surface area contributed by atoms with Crippen LogP contribution in [0.5, 0.6) is 5.75 Å². The molecule has 0 N–H and O–H groups in total. The first-order valence-corrected chi connectivity index (χ1v) is 9.52. The molecule has 2 aliphatic rings. The standard InChI is InChI=1S/C21H26N2O2/c1-25-17-12-10-15(11-13-17)14-18-21-19(8-5-9-20(21)24)23(22-18)16-6-3-2-4-7-16/h10-13,16H,2-9,14H2,1H3. The van der Waals surface area contributed by atoms with Crippen molar-refractivity contribution in [2.45, 2.75) is 63.8 Å². The SMILES string of the molecule is COc1ccc(Cc2nn(C3CCCCC3)c3c2C(=O)CCC3)cc1. The zero-order valence-corrected chi connectivity index (χ0v) is 15.0. The highest BCUT2D eigenvalue weighted by molar-refractivity contribution is 5.99. The van der Waals surface area contributed by atoms with Gasteiger partial charge in [0.05, 0.1) is 24.4 Å². The van der Waals surface area contributed by atoms with Crippen LogP contribution >= 0.6 is 0 Å². The predicted molar refractivity (Wildman–Crippen MR) is 97.4 cm³/mol. The Morgan fingerprint density at radius 1 is 1.08 bits per heavy atom. The quantitative estimate of drug-likeness (QED) is 0.824. The summed E-state index contributed by atoms with van der Waals surface area (Å²) < 4.78 is 7.46. The second-order valence-corrected chi connectivity index (χ2v) is 7.31. The number of aromatic nitrogens is 2. The molecule has 0 spiro atoms. The molecular formula is C21H26N2O2. The molecule has 0 saturated heterocycles. The second-order valence-electron chi connectivity index (χ2n) is 7.31. The summed E-state index contributed by atoms with van der Waals surface area (Å²) in [7, 11) is 1.68. The minimum absolute atomic E-state index is 0.284. The summed E-state index contributed by atoms with van der Waals surface area (Å²) in [5.74, 6) is 1.14. The van der Waals surface area contributed by atoms with E-state index < -0.39 is 0 Å². The lowest BCUT2D eigenvalue weighted by molar-refractivity contribution is 0.0970. The first-order valence-electron chi connectivity index (χ1n) is 9.52. The summed E-state index contributed by atoms with van der Waals surface area (Å²) in [4.78, 5) is 12.6. The lowest BCUT2D eigenvalue weighted by Gasteiger charge is -2.25. The molecule has 2 aromatic rings. The second kappa shape index (κ2) is 7.03. The summed E-state index contributed by atoms with van der Waals surface area (Å²) in [5, 5.41) is 4.97. The van der Waals surface area contributed by atoms with E-state index in [9.17, 15) is 4.79 Å². The number of nitrogens with zero attached hydrogens (tertiary/aromatic N) is 2. The van der Waals surface area contributed by atoms with Gasteiger partial charge in [-0.3, -0.25) is 9.48 Å². The third-order valence-electron chi connectivity index (χ3n) is 5.63. The third-order valence-corrected chi connectivity index (χ3v) is 5.63. The number of carbonyl (C=O) groups excluding carboxylic acids is 1. The maximum atomic E-state index is 12.6. The van der Waals surface area contributed by atoms with E-state index in [1.54, 1.807) is 7.11 Å². The lowest BCUT2D eigenvalue weighted by atomic mass is 9.91. The van der Waals surface area contributed by atoms with Crippen molar-refractivity contribution in [2.75, 3.05) is 7.11 Å². The molecule has 0 unspecified atom stereocenters. The largest absolute Gasteiger partial charge is 0.497 e. The lowest BCUT2D eigenvalue weighted by Crippen LogP contribution is -2.19. The van der Waals surface area contributed by atoms with Crippen LogP contribution in [0.3, 0.4) is 0 Å². The number of hydrogen-bond donors (Lipinski definition) is 0. The van der Waals surface area contributed by atoms with Crippen LogP contribution in [-0.2, 0) is 12.8 Å². The van der Waals surface area contributed by atoms with Crippen LogP contribution in [0, 0.1) is 0 Å². The molecule has 1 fully saturated rings. The van der Waals surface area contributed by atoms with Crippen LogP contribution in [0.4, 0.5) is 0 Å². The number of hydrogen-bond acceptors (Lipinski definition) is 3. The number of benzene rings is 1. The number of carbonyl (C=O) groups is 1. The van der Waals surface area contributed by atoms with Gasteiger partial charge in [0.25, 0.3) is 0 Å². The molecule has 0 bridgehead atoms. The van der Waals surface area contributed by atoms with E-state index in [2.05, 4.69) is 16.8 Å². The summed E-state index contributed by atoms with van der Waals surface area (Å²) >= 11 is 0. The highest BCUT2D eigenvalue weighted by Crippen LogP contribution is 2.34. The van der Waals surface area contributed by atoms with Crippen LogP contribution < -0.4 is 4.74 Å². The first-order chi connectivity index (χ1) is 12.3. The summed E-state index contributed by atoms with van der Waals surface area (Å²) in [6, 6.07) is 8.57. The molecule has 0 amide bonds. The molecule has 1 saturated carbocycles. The predicted octanol–water partition coefficient (Wildman–Crippen LogP) is 4.51. The Labute approximate surface area is 149 Å². The Morgan fingerprint density at radius 2 is 1.84 bits per heavy atom. The summed E-state index contributed by atoms with van der Waals surface area (Å²) in [6.45, 7) is 0. The van der Waals surface area contributed by atoms with Gasteiger partial charge in [-0.2, -0.15) is 5.10 Å². The highest BCUT2D eigenvalue weighted by atomic mass is 16.5. The zero-order chi connectivity index (χ0) is 17.2. The Morgan fingerprint density at radius 3 is 2.56 bits per heavy atom. The number of Topliss-reactive ketones (excluding diaryl/α,β-unsaturated/α-hetero) is 1. The molecule has 0 aliphatic heterocycles. The fourth-order valence-electron chi connectivity index (χ4n) is 4.31. The maximum absolute atomic E-state index is 12.6. The Bertz CT molecular complexity index is 755. The number of methoxy groups -OCH3 is 1. The molecule has 4 heteroatoms. The molecule has 132 valence electrons. The van der Waals surface area contributed by atoms with Crippen molar-refractivity contribution in [1.29, 1.82) is 0 Å². The normalized spacial score (nSPS) is 18.2. The highest BCUT2D eigenvalue weighted by Gasteiger charge is 2.30. The van der Waals surface area contributed by atoms with Gasteiger partial charge in [0.2, 0.25) is 0 Å². The third kappa shape index (κ3) is 3.22. The van der Waals surface area contributed by atoms with Crippen LogP contribution in [0.2, 0.25) is 0 Å².